The molecule has 0 bridgehead atoms. The topological polar surface area (TPSA) is 93.0 Å². The molecule has 0 radical (unpaired) electrons. The fourth-order valence-electron chi connectivity index (χ4n) is 1.69. The van der Waals surface area contributed by atoms with Crippen LogP contribution in [0.1, 0.15) is 6.92 Å². The van der Waals surface area contributed by atoms with E-state index in [1.807, 2.05) is 0 Å². The van der Waals surface area contributed by atoms with E-state index in [2.05, 4.69) is 5.32 Å². The highest BCUT2D eigenvalue weighted by Gasteiger charge is 2.39. The molecule has 1 aliphatic rings. The minimum Gasteiger partial charge on any atom is -0.395 e. The van der Waals surface area contributed by atoms with Crippen molar-refractivity contribution < 1.29 is 20.4 Å². The summed E-state index contributed by atoms with van der Waals surface area (Å²) in [6, 6.07) is -0.820. The van der Waals surface area contributed by atoms with Gasteiger partial charge in [0, 0.05) is 12.0 Å². The summed E-state index contributed by atoms with van der Waals surface area (Å²) in [5.41, 5.74) is 0. The lowest BCUT2D eigenvalue weighted by Gasteiger charge is -2.41. The number of hydrogen-bond acceptors (Lipinski definition) is 5. The zero-order valence-corrected chi connectivity index (χ0v) is 7.59. The van der Waals surface area contributed by atoms with Crippen LogP contribution in [0, 0.1) is 5.92 Å². The summed E-state index contributed by atoms with van der Waals surface area (Å²) in [5.74, 6) is -0.220. The Labute approximate surface area is 77.0 Å². The van der Waals surface area contributed by atoms with Crippen LogP contribution in [-0.2, 0) is 0 Å². The lowest BCUT2D eigenvalue weighted by molar-refractivity contribution is -0.0861. The maximum absolute atomic E-state index is 9.54. The standard InChI is InChI=1S/C8H17NO4/c1-4-5(2-10)9-6(3-11)8(13)7(4)12/h4-13H,2-3H2,1H3/t4?,5-,6?,7?,8-/m1/s1. The maximum Gasteiger partial charge on any atom is 0.0977 e. The van der Waals surface area contributed by atoms with Crippen molar-refractivity contribution in [3.8, 4) is 0 Å². The lowest BCUT2D eigenvalue weighted by atomic mass is 9.84. The highest BCUT2D eigenvalue weighted by Crippen LogP contribution is 2.20. The molecule has 1 saturated heterocycles. The van der Waals surface area contributed by atoms with E-state index >= 15 is 0 Å². The van der Waals surface area contributed by atoms with Crippen molar-refractivity contribution in [2.45, 2.75) is 31.2 Å². The molecular formula is C8H17NO4. The second kappa shape index (κ2) is 4.34. The SMILES string of the molecule is CC1C(O)[C@H](O)C(CO)N[C@@H]1CO. The minimum atomic E-state index is -0.970. The molecular weight excluding hydrogens is 174 g/mol. The van der Waals surface area contributed by atoms with Crippen molar-refractivity contribution in [3.05, 3.63) is 0 Å². The summed E-state index contributed by atoms with van der Waals surface area (Å²) >= 11 is 0. The second-order valence-electron chi connectivity index (χ2n) is 3.59. The summed E-state index contributed by atoms with van der Waals surface area (Å²) in [6.45, 7) is 1.39. The van der Waals surface area contributed by atoms with Crippen LogP contribution in [0.25, 0.3) is 0 Å². The molecule has 0 spiro atoms. The van der Waals surface area contributed by atoms with Gasteiger partial charge < -0.3 is 25.7 Å². The molecule has 1 heterocycles. The van der Waals surface area contributed by atoms with Crippen molar-refractivity contribution in [1.82, 2.24) is 5.32 Å². The Morgan fingerprint density at radius 2 is 1.54 bits per heavy atom. The van der Waals surface area contributed by atoms with E-state index in [9.17, 15) is 10.2 Å². The molecule has 13 heavy (non-hydrogen) atoms. The summed E-state index contributed by atoms with van der Waals surface area (Å²) in [4.78, 5) is 0. The number of piperidine rings is 1. The van der Waals surface area contributed by atoms with Gasteiger partial charge in [0.1, 0.15) is 0 Å². The average Bonchev–Trinajstić information content (AvgIpc) is 2.15. The van der Waals surface area contributed by atoms with Crippen LogP contribution in [-0.4, -0.2) is 57.9 Å². The fraction of sp³-hybridized carbons (Fsp3) is 1.00. The summed E-state index contributed by atoms with van der Waals surface area (Å²) < 4.78 is 0. The van der Waals surface area contributed by atoms with Gasteiger partial charge in [0.05, 0.1) is 31.5 Å². The van der Waals surface area contributed by atoms with Crippen LogP contribution < -0.4 is 5.32 Å². The summed E-state index contributed by atoms with van der Waals surface area (Å²) in [5, 5.41) is 39.7. The number of aliphatic hydroxyl groups is 4. The molecule has 0 aromatic heterocycles. The van der Waals surface area contributed by atoms with E-state index in [0.717, 1.165) is 0 Å². The molecule has 1 fully saturated rings. The number of rotatable bonds is 2. The molecule has 3 unspecified atom stereocenters. The predicted octanol–water partition coefficient (Wildman–Crippen LogP) is -2.33. The van der Waals surface area contributed by atoms with Crippen molar-refractivity contribution in [1.29, 1.82) is 0 Å². The Kier molecular flexibility index (Phi) is 3.63. The molecule has 78 valence electrons. The van der Waals surface area contributed by atoms with Crippen molar-refractivity contribution in [2.75, 3.05) is 13.2 Å². The van der Waals surface area contributed by atoms with Crippen LogP contribution in [0.15, 0.2) is 0 Å². The first-order valence-corrected chi connectivity index (χ1v) is 4.45. The molecule has 1 aliphatic heterocycles. The van der Waals surface area contributed by atoms with Crippen LogP contribution >= 0.6 is 0 Å². The number of aliphatic hydroxyl groups excluding tert-OH is 4. The van der Waals surface area contributed by atoms with Gasteiger partial charge in [-0.25, -0.2) is 0 Å². The van der Waals surface area contributed by atoms with Gasteiger partial charge in [-0.15, -0.1) is 0 Å². The minimum absolute atomic E-state index is 0.110. The largest absolute Gasteiger partial charge is 0.395 e. The van der Waals surface area contributed by atoms with Gasteiger partial charge in [0.15, 0.2) is 0 Å². The van der Waals surface area contributed by atoms with Crippen molar-refractivity contribution >= 4 is 0 Å². The Hall–Kier alpha value is -0.200. The normalized spacial score (nSPS) is 46.4. The second-order valence-corrected chi connectivity index (χ2v) is 3.59. The molecule has 0 aromatic rings. The highest BCUT2D eigenvalue weighted by atomic mass is 16.3. The van der Waals surface area contributed by atoms with E-state index in [1.165, 1.54) is 0 Å². The Morgan fingerprint density at radius 1 is 1.00 bits per heavy atom. The Morgan fingerprint density at radius 3 is 2.00 bits per heavy atom. The van der Waals surface area contributed by atoms with E-state index in [0.29, 0.717) is 0 Å². The van der Waals surface area contributed by atoms with E-state index < -0.39 is 18.2 Å². The third-order valence-corrected chi connectivity index (χ3v) is 2.76. The van der Waals surface area contributed by atoms with E-state index in [4.69, 9.17) is 10.2 Å². The first-order chi connectivity index (χ1) is 6.11. The van der Waals surface area contributed by atoms with E-state index in [1.54, 1.807) is 6.92 Å². The number of hydrogen-bond donors (Lipinski definition) is 5. The zero-order valence-electron chi connectivity index (χ0n) is 7.59. The molecule has 5 heteroatoms. The van der Waals surface area contributed by atoms with Crippen LogP contribution in [0.2, 0.25) is 0 Å². The third-order valence-electron chi connectivity index (χ3n) is 2.76. The first kappa shape index (κ1) is 10.9. The van der Waals surface area contributed by atoms with Gasteiger partial charge in [-0.3, -0.25) is 0 Å². The molecule has 0 saturated carbocycles. The highest BCUT2D eigenvalue weighted by molar-refractivity contribution is 4.95. The molecule has 5 N–H and O–H groups in total. The van der Waals surface area contributed by atoms with Gasteiger partial charge in [0.25, 0.3) is 0 Å². The van der Waals surface area contributed by atoms with Crippen molar-refractivity contribution in [2.24, 2.45) is 5.92 Å². The smallest absolute Gasteiger partial charge is 0.0977 e. The molecule has 0 aliphatic carbocycles. The molecule has 0 aromatic carbocycles. The zero-order chi connectivity index (χ0) is 10.0. The summed E-state index contributed by atoms with van der Waals surface area (Å²) in [6.07, 6.45) is -1.86. The summed E-state index contributed by atoms with van der Waals surface area (Å²) in [7, 11) is 0. The van der Waals surface area contributed by atoms with Crippen LogP contribution in [0.4, 0.5) is 0 Å². The lowest BCUT2D eigenvalue weighted by Crippen LogP contribution is -2.63. The van der Waals surface area contributed by atoms with Crippen molar-refractivity contribution in [3.63, 3.8) is 0 Å². The average molecular weight is 191 g/mol. The Bertz CT molecular complexity index is 146. The third kappa shape index (κ3) is 2.00. The van der Waals surface area contributed by atoms with Crippen LogP contribution in [0.5, 0.6) is 0 Å². The van der Waals surface area contributed by atoms with Crippen LogP contribution in [0.3, 0.4) is 0 Å². The molecule has 5 nitrogen and oxygen atoms in total. The maximum atomic E-state index is 9.54. The van der Waals surface area contributed by atoms with Gasteiger partial charge in [0.2, 0.25) is 0 Å². The first-order valence-electron chi connectivity index (χ1n) is 4.45. The van der Waals surface area contributed by atoms with Gasteiger partial charge >= 0.3 is 0 Å². The van der Waals surface area contributed by atoms with Gasteiger partial charge in [-0.2, -0.15) is 0 Å². The number of nitrogens with one attached hydrogen (secondary N) is 1. The quantitative estimate of drug-likeness (QED) is 0.337. The molecule has 0 amide bonds. The Balaban J connectivity index is 2.66. The molecule has 5 atom stereocenters. The monoisotopic (exact) mass is 191 g/mol. The van der Waals surface area contributed by atoms with Gasteiger partial charge in [-0.05, 0) is 0 Å². The van der Waals surface area contributed by atoms with Gasteiger partial charge in [-0.1, -0.05) is 6.92 Å². The predicted molar refractivity (Wildman–Crippen MR) is 46.1 cm³/mol. The molecule has 1 rings (SSSR count). The fourth-order valence-corrected chi connectivity index (χ4v) is 1.69. The van der Waals surface area contributed by atoms with E-state index in [-0.39, 0.29) is 25.2 Å².